The maximum atomic E-state index is 12.2. The number of rotatable bonds is 5. The Labute approximate surface area is 108 Å². The molecule has 0 heterocycles. The molecular formula is C13H13F3O3. The zero-order chi connectivity index (χ0) is 14.0. The van der Waals surface area contributed by atoms with Crippen molar-refractivity contribution in [3.63, 3.8) is 0 Å². The molecule has 0 unspecified atom stereocenters. The van der Waals surface area contributed by atoms with Gasteiger partial charge in [0.05, 0.1) is 12.7 Å². The van der Waals surface area contributed by atoms with Crippen LogP contribution in [0.4, 0.5) is 13.2 Å². The maximum Gasteiger partial charge on any atom is 0.573 e. The number of hydrogen-bond acceptors (Lipinski definition) is 3. The van der Waals surface area contributed by atoms with Gasteiger partial charge in [-0.1, -0.05) is 6.58 Å². The maximum absolute atomic E-state index is 12.2. The first-order chi connectivity index (χ1) is 8.89. The third kappa shape index (κ3) is 3.89. The van der Waals surface area contributed by atoms with Crippen molar-refractivity contribution >= 4 is 5.57 Å². The van der Waals surface area contributed by atoms with Gasteiger partial charge in [-0.2, -0.15) is 0 Å². The van der Waals surface area contributed by atoms with Crippen LogP contribution in [0.15, 0.2) is 24.8 Å². The molecule has 0 bridgehead atoms. The highest BCUT2D eigenvalue weighted by molar-refractivity contribution is 5.70. The highest BCUT2D eigenvalue weighted by Gasteiger charge is 2.31. The molecule has 0 atom stereocenters. The van der Waals surface area contributed by atoms with E-state index in [-0.39, 0.29) is 24.0 Å². The summed E-state index contributed by atoms with van der Waals surface area (Å²) in [6.45, 7) is 3.24. The van der Waals surface area contributed by atoms with Gasteiger partial charge in [0.15, 0.2) is 0 Å². The van der Waals surface area contributed by atoms with Crippen LogP contribution in [0.25, 0.3) is 5.57 Å². The lowest BCUT2D eigenvalue weighted by Crippen LogP contribution is -2.17. The summed E-state index contributed by atoms with van der Waals surface area (Å²) in [5, 5.41) is 9.07. The molecule has 1 fully saturated rings. The van der Waals surface area contributed by atoms with Crippen molar-refractivity contribution in [1.29, 1.82) is 0 Å². The fraction of sp³-hybridized carbons (Fsp3) is 0.385. The van der Waals surface area contributed by atoms with Crippen LogP contribution in [-0.2, 0) is 0 Å². The smallest absolute Gasteiger partial charge is 0.490 e. The van der Waals surface area contributed by atoms with E-state index in [1.54, 1.807) is 0 Å². The monoisotopic (exact) mass is 274 g/mol. The standard InChI is InChI=1S/C13H13F3O3/c1-8(7-17)11-6-10(19-13(14,15)16)4-5-12(11)18-9-2-3-9/h4-6,9,17H,1-3,7H2. The fourth-order valence-corrected chi connectivity index (χ4v) is 1.54. The van der Waals surface area contributed by atoms with Crippen LogP contribution in [0.2, 0.25) is 0 Å². The molecule has 104 valence electrons. The summed E-state index contributed by atoms with van der Waals surface area (Å²) in [4.78, 5) is 0. The number of benzene rings is 1. The molecule has 0 spiro atoms. The van der Waals surface area contributed by atoms with E-state index in [0.717, 1.165) is 12.8 Å². The lowest BCUT2D eigenvalue weighted by Gasteiger charge is -2.15. The predicted octanol–water partition coefficient (Wildman–Crippen LogP) is 3.13. The van der Waals surface area contributed by atoms with E-state index >= 15 is 0 Å². The van der Waals surface area contributed by atoms with E-state index in [1.165, 1.54) is 18.2 Å². The summed E-state index contributed by atoms with van der Waals surface area (Å²) in [6.07, 6.45) is -2.81. The lowest BCUT2D eigenvalue weighted by molar-refractivity contribution is -0.274. The molecule has 19 heavy (non-hydrogen) atoms. The molecule has 1 aromatic rings. The number of halogens is 3. The Morgan fingerprint density at radius 3 is 2.58 bits per heavy atom. The first-order valence-electron chi connectivity index (χ1n) is 5.74. The Morgan fingerprint density at radius 2 is 2.05 bits per heavy atom. The minimum absolute atomic E-state index is 0.0969. The number of ether oxygens (including phenoxy) is 2. The van der Waals surface area contributed by atoms with E-state index in [1.807, 2.05) is 0 Å². The summed E-state index contributed by atoms with van der Waals surface area (Å²) in [7, 11) is 0. The Balaban J connectivity index is 2.26. The Morgan fingerprint density at radius 1 is 1.37 bits per heavy atom. The molecular weight excluding hydrogens is 261 g/mol. The van der Waals surface area contributed by atoms with Gasteiger partial charge in [0.2, 0.25) is 0 Å². The van der Waals surface area contributed by atoms with Crippen LogP contribution in [0.3, 0.4) is 0 Å². The van der Waals surface area contributed by atoms with Gasteiger partial charge in [0.25, 0.3) is 0 Å². The van der Waals surface area contributed by atoms with Crippen molar-refractivity contribution in [2.75, 3.05) is 6.61 Å². The SMILES string of the molecule is C=C(CO)c1cc(OC(F)(F)F)ccc1OC1CC1. The van der Waals surface area contributed by atoms with Crippen LogP contribution in [0.5, 0.6) is 11.5 Å². The van der Waals surface area contributed by atoms with Crippen LogP contribution in [-0.4, -0.2) is 24.2 Å². The fourth-order valence-electron chi connectivity index (χ4n) is 1.54. The molecule has 1 aliphatic carbocycles. The van der Waals surface area contributed by atoms with Crippen LogP contribution in [0.1, 0.15) is 18.4 Å². The largest absolute Gasteiger partial charge is 0.573 e. The summed E-state index contributed by atoms with van der Waals surface area (Å²) in [6, 6.07) is 3.75. The van der Waals surface area contributed by atoms with Crippen molar-refractivity contribution in [3.05, 3.63) is 30.3 Å². The van der Waals surface area contributed by atoms with Crippen molar-refractivity contribution in [1.82, 2.24) is 0 Å². The summed E-state index contributed by atoms with van der Waals surface area (Å²) in [5.41, 5.74) is 0.611. The van der Waals surface area contributed by atoms with E-state index < -0.39 is 6.36 Å². The molecule has 0 amide bonds. The molecule has 0 radical (unpaired) electrons. The second-order valence-electron chi connectivity index (χ2n) is 4.28. The summed E-state index contributed by atoms with van der Waals surface area (Å²) >= 11 is 0. The van der Waals surface area contributed by atoms with Gasteiger partial charge in [0, 0.05) is 5.56 Å². The number of aliphatic hydroxyl groups is 1. The Kier molecular flexibility index (Phi) is 3.71. The molecule has 1 N–H and O–H groups in total. The normalized spacial score (nSPS) is 15.2. The second-order valence-corrected chi connectivity index (χ2v) is 4.28. The molecule has 1 saturated carbocycles. The van der Waals surface area contributed by atoms with Crippen LogP contribution < -0.4 is 9.47 Å². The quantitative estimate of drug-likeness (QED) is 0.896. The van der Waals surface area contributed by atoms with Crippen molar-refractivity contribution in [2.24, 2.45) is 0 Å². The van der Waals surface area contributed by atoms with Crippen molar-refractivity contribution in [3.8, 4) is 11.5 Å². The van der Waals surface area contributed by atoms with E-state index in [0.29, 0.717) is 11.3 Å². The van der Waals surface area contributed by atoms with Gasteiger partial charge in [-0.05, 0) is 36.6 Å². The van der Waals surface area contributed by atoms with Crippen LogP contribution >= 0.6 is 0 Å². The molecule has 0 saturated heterocycles. The summed E-state index contributed by atoms with van der Waals surface area (Å²) in [5.74, 6) is 0.0521. The van der Waals surface area contributed by atoms with Gasteiger partial charge in [-0.25, -0.2) is 0 Å². The molecule has 2 rings (SSSR count). The van der Waals surface area contributed by atoms with Gasteiger partial charge in [0.1, 0.15) is 11.5 Å². The number of aliphatic hydroxyl groups excluding tert-OH is 1. The highest BCUT2D eigenvalue weighted by atomic mass is 19.4. The van der Waals surface area contributed by atoms with Gasteiger partial charge < -0.3 is 14.6 Å². The minimum atomic E-state index is -4.75. The number of hydrogen-bond donors (Lipinski definition) is 1. The van der Waals surface area contributed by atoms with Crippen LogP contribution in [0, 0.1) is 0 Å². The second kappa shape index (κ2) is 5.13. The lowest BCUT2D eigenvalue weighted by atomic mass is 10.1. The average Bonchev–Trinajstić information content (AvgIpc) is 3.12. The summed E-state index contributed by atoms with van der Waals surface area (Å²) < 4.78 is 45.8. The molecule has 0 aliphatic heterocycles. The van der Waals surface area contributed by atoms with E-state index in [2.05, 4.69) is 11.3 Å². The molecule has 3 nitrogen and oxygen atoms in total. The van der Waals surface area contributed by atoms with E-state index in [9.17, 15) is 13.2 Å². The molecule has 6 heteroatoms. The van der Waals surface area contributed by atoms with Gasteiger partial charge in [-0.15, -0.1) is 13.2 Å². The third-order valence-corrected chi connectivity index (χ3v) is 2.57. The first kappa shape index (κ1) is 13.7. The van der Waals surface area contributed by atoms with Gasteiger partial charge in [-0.3, -0.25) is 0 Å². The third-order valence-electron chi connectivity index (χ3n) is 2.57. The van der Waals surface area contributed by atoms with Gasteiger partial charge >= 0.3 is 6.36 Å². The first-order valence-corrected chi connectivity index (χ1v) is 5.74. The van der Waals surface area contributed by atoms with E-state index in [4.69, 9.17) is 9.84 Å². The zero-order valence-corrected chi connectivity index (χ0v) is 10.0. The highest BCUT2D eigenvalue weighted by Crippen LogP contribution is 2.35. The average molecular weight is 274 g/mol. The Bertz CT molecular complexity index is 479. The number of alkyl halides is 3. The molecule has 0 aromatic heterocycles. The van der Waals surface area contributed by atoms with Crippen molar-refractivity contribution < 1.29 is 27.8 Å². The van der Waals surface area contributed by atoms with Crippen molar-refractivity contribution in [2.45, 2.75) is 25.3 Å². The topological polar surface area (TPSA) is 38.7 Å². The molecule has 1 aliphatic rings. The zero-order valence-electron chi connectivity index (χ0n) is 10.0. The minimum Gasteiger partial charge on any atom is -0.490 e. The predicted molar refractivity (Wildman–Crippen MR) is 62.9 cm³/mol. The Hall–Kier alpha value is -1.69. The molecule has 1 aromatic carbocycles.